The van der Waals surface area contributed by atoms with Crippen molar-refractivity contribution in [2.24, 2.45) is 21.2 Å². The van der Waals surface area contributed by atoms with Crippen molar-refractivity contribution in [1.82, 2.24) is 14.8 Å². The third-order valence-electron chi connectivity index (χ3n) is 7.16. The van der Waals surface area contributed by atoms with E-state index in [9.17, 15) is 9.18 Å². The Morgan fingerprint density at radius 3 is 2.92 bits per heavy atom. The largest absolute Gasteiger partial charge is 0.370 e. The highest BCUT2D eigenvalue weighted by atomic mass is 19.1. The van der Waals surface area contributed by atoms with Gasteiger partial charge in [-0.1, -0.05) is 11.3 Å². The maximum Gasteiger partial charge on any atom is 0.141 e. The molecule has 0 amide bonds. The number of ether oxygens (including phenoxy) is 1. The van der Waals surface area contributed by atoms with E-state index in [0.29, 0.717) is 23.9 Å². The number of nitrogens with zero attached hydrogens (tertiary/aromatic N) is 7. The molecular weight excluding hydrogens is 475 g/mol. The molecule has 0 saturated carbocycles. The number of pyridine rings is 1. The highest BCUT2D eigenvalue weighted by Crippen LogP contribution is 2.32. The number of rotatable bonds is 4. The van der Waals surface area contributed by atoms with Gasteiger partial charge in [-0.25, -0.2) is 9.38 Å². The molecule has 0 bridgehead atoms. The highest BCUT2D eigenvalue weighted by molar-refractivity contribution is 5.66. The minimum absolute atomic E-state index is 0.0586. The van der Waals surface area contributed by atoms with Crippen molar-refractivity contribution in [3.63, 3.8) is 0 Å². The van der Waals surface area contributed by atoms with Gasteiger partial charge in [0.05, 0.1) is 41.8 Å². The Kier molecular flexibility index (Phi) is 8.66. The summed E-state index contributed by atoms with van der Waals surface area (Å²) in [6.07, 6.45) is 5.45. The van der Waals surface area contributed by atoms with Crippen molar-refractivity contribution in [2.45, 2.75) is 37.8 Å². The van der Waals surface area contributed by atoms with Crippen molar-refractivity contribution in [3.05, 3.63) is 58.2 Å². The van der Waals surface area contributed by atoms with Crippen LogP contribution in [0, 0.1) is 24.1 Å². The Bertz CT molecular complexity index is 1230. The van der Waals surface area contributed by atoms with E-state index < -0.39 is 5.82 Å². The van der Waals surface area contributed by atoms with Crippen LogP contribution in [0.25, 0.3) is 0 Å². The number of aromatic nitrogens is 1. The number of halogens is 1. The van der Waals surface area contributed by atoms with Gasteiger partial charge in [-0.2, -0.15) is 5.26 Å². The van der Waals surface area contributed by atoms with Gasteiger partial charge >= 0.3 is 0 Å². The number of piperazine rings is 1. The van der Waals surface area contributed by atoms with Crippen LogP contribution in [0.3, 0.4) is 0 Å². The normalized spacial score (nSPS) is 23.8. The number of carbonyl (C=O) groups excluding carboxylic acids is 1. The fourth-order valence-electron chi connectivity index (χ4n) is 5.12. The van der Waals surface area contributed by atoms with Crippen molar-refractivity contribution in [2.75, 3.05) is 39.8 Å². The zero-order chi connectivity index (χ0) is 26.4. The molecular formula is C26H31FN8O2. The molecule has 0 spiro atoms. The molecule has 1 aromatic carbocycles. The molecule has 3 atom stereocenters. The summed E-state index contributed by atoms with van der Waals surface area (Å²) in [5.74, 6) is 4.32. The fourth-order valence-corrected chi connectivity index (χ4v) is 5.12. The maximum absolute atomic E-state index is 13.6. The molecule has 194 valence electrons. The van der Waals surface area contributed by atoms with Gasteiger partial charge in [-0.05, 0) is 55.6 Å². The number of carbonyl (C=O) groups is 1. The van der Waals surface area contributed by atoms with E-state index in [0.717, 1.165) is 62.1 Å². The van der Waals surface area contributed by atoms with E-state index in [1.807, 2.05) is 12.1 Å². The Labute approximate surface area is 215 Å². The highest BCUT2D eigenvalue weighted by Gasteiger charge is 2.34. The number of likely N-dealkylation sites (N-methyl/N-ethyl adjacent to an activating group) is 1. The zero-order valence-corrected chi connectivity index (χ0v) is 21.0. The zero-order valence-electron chi connectivity index (χ0n) is 21.0. The van der Waals surface area contributed by atoms with Crippen LogP contribution >= 0.6 is 0 Å². The Morgan fingerprint density at radius 2 is 2.16 bits per heavy atom. The number of hydrogen-bond acceptors (Lipinski definition) is 8. The number of aliphatic imine (C=N–C) groups is 1. The second kappa shape index (κ2) is 12.1. The first kappa shape index (κ1) is 26.5. The van der Waals surface area contributed by atoms with Gasteiger partial charge in [0.1, 0.15) is 24.5 Å². The smallest absolute Gasteiger partial charge is 0.141 e. The summed E-state index contributed by atoms with van der Waals surface area (Å²) in [6, 6.07) is 7.44. The molecule has 2 aromatic rings. The minimum Gasteiger partial charge on any atom is -0.370 e. The summed E-state index contributed by atoms with van der Waals surface area (Å²) >= 11 is 0. The minimum atomic E-state index is -0.452. The number of aryl methyl sites for hydroxylation is 1. The summed E-state index contributed by atoms with van der Waals surface area (Å²) < 4.78 is 19.6. The number of aldehydes is 1. The predicted molar refractivity (Wildman–Crippen MR) is 136 cm³/mol. The summed E-state index contributed by atoms with van der Waals surface area (Å²) in [5.41, 5.74) is 4.42. The second-order valence-corrected chi connectivity index (χ2v) is 9.48. The number of hydrogen-bond donors (Lipinski definition) is 1. The SMILES string of the molecule is Cc1c(C2CN3CCN(C)CC3CO2)ccc(F)c1C#N.NN=NC=Nc1cnc2c(c1)CCC2C=O. The Balaban J connectivity index is 0.000000180. The van der Waals surface area contributed by atoms with E-state index in [4.69, 9.17) is 15.8 Å². The van der Waals surface area contributed by atoms with Crippen LogP contribution in [-0.2, 0) is 16.0 Å². The van der Waals surface area contributed by atoms with Crippen LogP contribution in [0.2, 0.25) is 0 Å². The Morgan fingerprint density at radius 1 is 1.32 bits per heavy atom. The third-order valence-corrected chi connectivity index (χ3v) is 7.16. The molecule has 3 heterocycles. The number of nitriles is 1. The van der Waals surface area contributed by atoms with E-state index in [1.165, 1.54) is 12.4 Å². The number of nitrogens with two attached hydrogens (primary N) is 1. The number of fused-ring (bicyclic) bond motifs is 2. The van der Waals surface area contributed by atoms with E-state index in [2.05, 4.69) is 37.2 Å². The topological polar surface area (TPSA) is 133 Å². The third kappa shape index (κ3) is 6.05. The lowest BCUT2D eigenvalue weighted by atomic mass is 9.96. The average Bonchev–Trinajstić information content (AvgIpc) is 3.32. The molecule has 2 fully saturated rings. The first-order chi connectivity index (χ1) is 17.9. The lowest BCUT2D eigenvalue weighted by Crippen LogP contribution is -2.57. The molecule has 2 aliphatic heterocycles. The van der Waals surface area contributed by atoms with Gasteiger partial charge in [0.15, 0.2) is 0 Å². The van der Waals surface area contributed by atoms with Crippen LogP contribution in [0.4, 0.5) is 10.1 Å². The van der Waals surface area contributed by atoms with E-state index in [1.54, 1.807) is 19.2 Å². The summed E-state index contributed by atoms with van der Waals surface area (Å²) in [6.45, 7) is 6.43. The van der Waals surface area contributed by atoms with Crippen LogP contribution in [0.1, 0.15) is 46.4 Å². The monoisotopic (exact) mass is 506 g/mol. The van der Waals surface area contributed by atoms with E-state index >= 15 is 0 Å². The van der Waals surface area contributed by atoms with Gasteiger partial charge in [0.2, 0.25) is 0 Å². The molecule has 3 unspecified atom stereocenters. The van der Waals surface area contributed by atoms with Crippen molar-refractivity contribution < 1.29 is 13.9 Å². The fraction of sp³-hybridized carbons (Fsp3) is 0.462. The van der Waals surface area contributed by atoms with Crippen molar-refractivity contribution in [3.8, 4) is 6.07 Å². The van der Waals surface area contributed by atoms with Gasteiger partial charge in [0, 0.05) is 32.2 Å². The number of morpholine rings is 1. The second-order valence-electron chi connectivity index (χ2n) is 9.48. The van der Waals surface area contributed by atoms with Crippen molar-refractivity contribution in [1.29, 1.82) is 5.26 Å². The average molecular weight is 507 g/mol. The lowest BCUT2D eigenvalue weighted by molar-refractivity contribution is -0.109. The molecule has 0 radical (unpaired) electrons. The molecule has 10 nitrogen and oxygen atoms in total. The summed E-state index contributed by atoms with van der Waals surface area (Å²) in [7, 11) is 2.13. The molecule has 11 heteroatoms. The first-order valence-electron chi connectivity index (χ1n) is 12.2. The molecule has 1 aliphatic carbocycles. The van der Waals surface area contributed by atoms with Crippen molar-refractivity contribution >= 4 is 18.3 Å². The maximum atomic E-state index is 13.6. The van der Waals surface area contributed by atoms with Gasteiger partial charge in [0.25, 0.3) is 0 Å². The number of benzene rings is 1. The summed E-state index contributed by atoms with van der Waals surface area (Å²) in [4.78, 5) is 23.8. The summed E-state index contributed by atoms with van der Waals surface area (Å²) in [5, 5.41) is 15.6. The molecule has 2 saturated heterocycles. The predicted octanol–water partition coefficient (Wildman–Crippen LogP) is 2.99. The van der Waals surface area contributed by atoms with Crippen LogP contribution < -0.4 is 5.84 Å². The lowest BCUT2D eigenvalue weighted by Gasteiger charge is -2.45. The quantitative estimate of drug-likeness (QED) is 0.168. The Hall–Kier alpha value is -3.59. The van der Waals surface area contributed by atoms with Gasteiger partial charge < -0.3 is 20.3 Å². The molecule has 3 aliphatic rings. The molecule has 5 rings (SSSR count). The van der Waals surface area contributed by atoms with Crippen LogP contribution in [0.15, 0.2) is 39.7 Å². The van der Waals surface area contributed by atoms with Crippen LogP contribution in [0.5, 0.6) is 0 Å². The van der Waals surface area contributed by atoms with Gasteiger partial charge in [-0.3, -0.25) is 9.88 Å². The van der Waals surface area contributed by atoms with E-state index in [-0.39, 0.29) is 17.6 Å². The standard InChI is InChI=1S/C16H20FN3O.C10H11N5O/c1-11-13(3-4-15(17)14(11)7-18)16-9-20-6-5-19(2)8-12(20)10-21-16;11-15-14-6-13-9-3-7-1-2-8(5-16)10(7)12-4-9/h3-4,12,16H,5-6,8-10H2,1-2H3;3-6,8H,1-2H2,(H2,11,13,14). The van der Waals surface area contributed by atoms with Gasteiger partial charge in [-0.15, -0.1) is 5.11 Å². The first-order valence-corrected chi connectivity index (χ1v) is 12.2. The molecule has 37 heavy (non-hydrogen) atoms. The molecule has 1 aromatic heterocycles. The van der Waals surface area contributed by atoms with Crippen LogP contribution in [-0.4, -0.2) is 73.3 Å². The molecule has 2 N–H and O–H groups in total.